The molecule has 1 heterocycles. The van der Waals surface area contributed by atoms with Gasteiger partial charge in [-0.25, -0.2) is 0 Å². The number of nitrogens with zero attached hydrogens (tertiary/aromatic N) is 3. The molecule has 0 saturated carbocycles. The Labute approximate surface area is 160 Å². The number of anilines is 1. The standard InChI is InChI=1S/C16H21ClN4O2S2/c1-4-18-15-19-20-16(25-15)24-11(2)14(22)21(3)9-10-23-13-7-5-12(17)6-8-13/h5-8,11H,4,9-10H2,1-3H3,(H,18,19). The highest BCUT2D eigenvalue weighted by Crippen LogP contribution is 2.29. The number of amides is 1. The molecule has 0 bridgehead atoms. The van der Waals surface area contributed by atoms with Crippen LogP contribution in [0.25, 0.3) is 0 Å². The summed E-state index contributed by atoms with van der Waals surface area (Å²) in [7, 11) is 1.77. The number of hydrogen-bond donors (Lipinski definition) is 1. The van der Waals surface area contributed by atoms with Crippen LogP contribution in [0.5, 0.6) is 5.75 Å². The molecule has 0 aliphatic heterocycles. The number of likely N-dealkylation sites (N-methyl/N-ethyl adjacent to an activating group) is 1. The van der Waals surface area contributed by atoms with Crippen LogP contribution in [0.15, 0.2) is 28.6 Å². The van der Waals surface area contributed by atoms with E-state index in [1.165, 1.54) is 23.1 Å². The summed E-state index contributed by atoms with van der Waals surface area (Å²) in [5, 5.41) is 12.4. The van der Waals surface area contributed by atoms with Crippen molar-refractivity contribution in [3.8, 4) is 5.75 Å². The average Bonchev–Trinajstić information content (AvgIpc) is 3.03. The first kappa shape index (κ1) is 19.8. The van der Waals surface area contributed by atoms with Gasteiger partial charge in [0.2, 0.25) is 11.0 Å². The Kier molecular flexibility index (Phi) is 7.80. The molecule has 1 atom stereocenters. The van der Waals surface area contributed by atoms with Gasteiger partial charge in [0.25, 0.3) is 0 Å². The zero-order valence-electron chi connectivity index (χ0n) is 14.4. The van der Waals surface area contributed by atoms with Crippen LogP contribution in [0.3, 0.4) is 0 Å². The Bertz CT molecular complexity index is 681. The Morgan fingerprint density at radius 2 is 2.12 bits per heavy atom. The molecule has 1 aromatic carbocycles. The van der Waals surface area contributed by atoms with E-state index in [4.69, 9.17) is 16.3 Å². The highest BCUT2D eigenvalue weighted by Gasteiger charge is 2.20. The molecule has 0 aliphatic carbocycles. The van der Waals surface area contributed by atoms with Gasteiger partial charge in [0, 0.05) is 18.6 Å². The molecular formula is C16H21ClN4O2S2. The summed E-state index contributed by atoms with van der Waals surface area (Å²) in [5.41, 5.74) is 0. The van der Waals surface area contributed by atoms with Crippen molar-refractivity contribution < 1.29 is 9.53 Å². The second-order valence-corrected chi connectivity index (χ2v) is 8.23. The molecule has 25 heavy (non-hydrogen) atoms. The second-order valence-electron chi connectivity index (χ2n) is 5.23. The normalized spacial score (nSPS) is 11.8. The third-order valence-corrected chi connectivity index (χ3v) is 5.55. The first-order valence-corrected chi connectivity index (χ1v) is 9.94. The topological polar surface area (TPSA) is 67.4 Å². The van der Waals surface area contributed by atoms with E-state index in [-0.39, 0.29) is 11.2 Å². The molecule has 1 unspecified atom stereocenters. The molecule has 2 rings (SSSR count). The van der Waals surface area contributed by atoms with E-state index in [0.29, 0.717) is 18.2 Å². The number of carbonyl (C=O) groups excluding carboxylic acids is 1. The van der Waals surface area contributed by atoms with Crippen LogP contribution in [0.1, 0.15) is 13.8 Å². The maximum absolute atomic E-state index is 12.4. The Hall–Kier alpha value is -1.51. The van der Waals surface area contributed by atoms with Crippen LogP contribution < -0.4 is 10.1 Å². The fourth-order valence-corrected chi connectivity index (χ4v) is 4.14. The summed E-state index contributed by atoms with van der Waals surface area (Å²) in [6.07, 6.45) is 0. The summed E-state index contributed by atoms with van der Waals surface area (Å²) < 4.78 is 6.40. The minimum atomic E-state index is -0.233. The number of hydrogen-bond acceptors (Lipinski definition) is 7. The molecule has 1 amide bonds. The van der Waals surface area contributed by atoms with Gasteiger partial charge in [-0.1, -0.05) is 34.7 Å². The lowest BCUT2D eigenvalue weighted by atomic mass is 10.3. The quantitative estimate of drug-likeness (QED) is 0.648. The maximum Gasteiger partial charge on any atom is 0.235 e. The average molecular weight is 401 g/mol. The summed E-state index contributed by atoms with van der Waals surface area (Å²) in [5.74, 6) is 0.766. The van der Waals surface area contributed by atoms with Gasteiger partial charge in [-0.05, 0) is 38.1 Å². The molecule has 0 spiro atoms. The van der Waals surface area contributed by atoms with E-state index in [9.17, 15) is 4.79 Å². The fraction of sp³-hybridized carbons (Fsp3) is 0.438. The number of nitrogens with one attached hydrogen (secondary N) is 1. The van der Waals surface area contributed by atoms with Gasteiger partial charge < -0.3 is 15.0 Å². The largest absolute Gasteiger partial charge is 0.492 e. The molecule has 9 heteroatoms. The fourth-order valence-electron chi connectivity index (χ4n) is 1.93. The number of thioether (sulfide) groups is 1. The van der Waals surface area contributed by atoms with Gasteiger partial charge in [0.15, 0.2) is 4.34 Å². The number of ether oxygens (including phenoxy) is 1. The van der Waals surface area contributed by atoms with Crippen LogP contribution >= 0.6 is 34.7 Å². The zero-order chi connectivity index (χ0) is 18.2. The lowest BCUT2D eigenvalue weighted by molar-refractivity contribution is -0.129. The number of rotatable bonds is 9. The lowest BCUT2D eigenvalue weighted by Gasteiger charge is -2.20. The predicted octanol–water partition coefficient (Wildman–Crippen LogP) is 3.64. The van der Waals surface area contributed by atoms with E-state index in [1.807, 2.05) is 13.8 Å². The highest BCUT2D eigenvalue weighted by molar-refractivity contribution is 8.02. The Morgan fingerprint density at radius 3 is 2.80 bits per heavy atom. The molecule has 2 aromatic rings. The van der Waals surface area contributed by atoms with Crippen LogP contribution in [-0.4, -0.2) is 53.0 Å². The van der Waals surface area contributed by atoms with Crippen molar-refractivity contribution in [2.45, 2.75) is 23.4 Å². The highest BCUT2D eigenvalue weighted by atomic mass is 35.5. The number of halogens is 1. The van der Waals surface area contributed by atoms with Gasteiger partial charge in [0.1, 0.15) is 12.4 Å². The van der Waals surface area contributed by atoms with Crippen LogP contribution in [0.4, 0.5) is 5.13 Å². The van der Waals surface area contributed by atoms with Crippen molar-refractivity contribution in [1.82, 2.24) is 15.1 Å². The number of benzene rings is 1. The van der Waals surface area contributed by atoms with E-state index < -0.39 is 0 Å². The van der Waals surface area contributed by atoms with E-state index in [0.717, 1.165) is 21.8 Å². The molecule has 0 aliphatic rings. The van der Waals surface area contributed by atoms with Gasteiger partial charge in [-0.2, -0.15) is 0 Å². The third-order valence-electron chi connectivity index (χ3n) is 3.25. The molecule has 1 N–H and O–H groups in total. The molecular weight excluding hydrogens is 380 g/mol. The lowest BCUT2D eigenvalue weighted by Crippen LogP contribution is -2.36. The van der Waals surface area contributed by atoms with Crippen molar-refractivity contribution in [2.75, 3.05) is 32.1 Å². The molecule has 0 fully saturated rings. The second kappa shape index (κ2) is 9.84. The van der Waals surface area contributed by atoms with Gasteiger partial charge >= 0.3 is 0 Å². The summed E-state index contributed by atoms with van der Waals surface area (Å²) in [6, 6.07) is 7.16. The van der Waals surface area contributed by atoms with Crippen molar-refractivity contribution in [3.05, 3.63) is 29.3 Å². The molecule has 0 radical (unpaired) electrons. The van der Waals surface area contributed by atoms with Gasteiger partial charge in [-0.3, -0.25) is 4.79 Å². The van der Waals surface area contributed by atoms with Crippen molar-refractivity contribution in [2.24, 2.45) is 0 Å². The number of carbonyl (C=O) groups is 1. The summed E-state index contributed by atoms with van der Waals surface area (Å²) in [4.78, 5) is 14.1. The minimum absolute atomic E-state index is 0.0323. The molecule has 136 valence electrons. The number of aromatic nitrogens is 2. The summed E-state index contributed by atoms with van der Waals surface area (Å²) in [6.45, 7) is 5.60. The molecule has 6 nitrogen and oxygen atoms in total. The first-order valence-electron chi connectivity index (χ1n) is 7.87. The van der Waals surface area contributed by atoms with Crippen molar-refractivity contribution >= 4 is 45.7 Å². The SMILES string of the molecule is CCNc1nnc(SC(C)C(=O)N(C)CCOc2ccc(Cl)cc2)s1. The van der Waals surface area contributed by atoms with Gasteiger partial charge in [0.05, 0.1) is 11.8 Å². The molecule has 1 aromatic heterocycles. The minimum Gasteiger partial charge on any atom is -0.492 e. The summed E-state index contributed by atoms with van der Waals surface area (Å²) >= 11 is 8.71. The predicted molar refractivity (Wildman–Crippen MR) is 104 cm³/mol. The Morgan fingerprint density at radius 1 is 1.40 bits per heavy atom. The van der Waals surface area contributed by atoms with Gasteiger partial charge in [-0.15, -0.1) is 10.2 Å². The smallest absolute Gasteiger partial charge is 0.235 e. The van der Waals surface area contributed by atoms with Crippen LogP contribution in [-0.2, 0) is 4.79 Å². The van der Waals surface area contributed by atoms with E-state index in [2.05, 4.69) is 15.5 Å². The Balaban J connectivity index is 1.76. The monoisotopic (exact) mass is 400 g/mol. The molecule has 0 saturated heterocycles. The van der Waals surface area contributed by atoms with Crippen molar-refractivity contribution in [3.63, 3.8) is 0 Å². The maximum atomic E-state index is 12.4. The third kappa shape index (κ3) is 6.37. The van der Waals surface area contributed by atoms with Crippen LogP contribution in [0.2, 0.25) is 5.02 Å². The van der Waals surface area contributed by atoms with Crippen molar-refractivity contribution in [1.29, 1.82) is 0 Å². The first-order chi connectivity index (χ1) is 12.0. The van der Waals surface area contributed by atoms with Crippen LogP contribution in [0, 0.1) is 0 Å². The van der Waals surface area contributed by atoms with E-state index in [1.54, 1.807) is 36.2 Å². The zero-order valence-corrected chi connectivity index (χ0v) is 16.7. The van der Waals surface area contributed by atoms with E-state index >= 15 is 0 Å².